The first-order valence-corrected chi connectivity index (χ1v) is 8.95. The molecule has 4 rings (SSSR count). The molecule has 0 aliphatic heterocycles. The molecule has 4 aromatic rings. The zero-order chi connectivity index (χ0) is 20.1. The third-order valence-electron chi connectivity index (χ3n) is 4.21. The summed E-state index contributed by atoms with van der Waals surface area (Å²) >= 11 is 0. The largest absolute Gasteiger partial charge is 0.481 e. The van der Waals surface area contributed by atoms with E-state index >= 15 is 0 Å². The van der Waals surface area contributed by atoms with Crippen molar-refractivity contribution in [1.29, 1.82) is 0 Å². The molecule has 6 heteroatoms. The third kappa shape index (κ3) is 4.25. The van der Waals surface area contributed by atoms with Gasteiger partial charge in [0.05, 0.1) is 17.4 Å². The number of aromatic nitrogens is 1. The van der Waals surface area contributed by atoms with Crippen LogP contribution in [0, 0.1) is 11.8 Å². The maximum Gasteiger partial charge on any atom is 0.287 e. The highest BCUT2D eigenvalue weighted by molar-refractivity contribution is 5.93. The first-order valence-electron chi connectivity index (χ1n) is 8.95. The Morgan fingerprint density at radius 2 is 1.97 bits per heavy atom. The molecule has 0 spiro atoms. The smallest absolute Gasteiger partial charge is 0.287 e. The summed E-state index contributed by atoms with van der Waals surface area (Å²) in [6, 6.07) is 17.5. The number of benzene rings is 2. The number of hydrogen-bond acceptors (Lipinski definition) is 5. The molecule has 1 N–H and O–H groups in total. The molecule has 1 amide bonds. The van der Waals surface area contributed by atoms with Crippen LogP contribution in [0.4, 0.5) is 0 Å². The van der Waals surface area contributed by atoms with E-state index in [9.17, 15) is 9.59 Å². The van der Waals surface area contributed by atoms with Gasteiger partial charge in [0.1, 0.15) is 17.9 Å². The van der Waals surface area contributed by atoms with Gasteiger partial charge >= 0.3 is 0 Å². The Morgan fingerprint density at radius 3 is 2.90 bits per heavy atom. The molecular weight excluding hydrogens is 368 g/mol. The van der Waals surface area contributed by atoms with Crippen LogP contribution in [0.3, 0.4) is 0 Å². The molecule has 0 fully saturated rings. The number of carbonyl (C=O) groups is 1. The lowest BCUT2D eigenvalue weighted by Gasteiger charge is -2.03. The monoisotopic (exact) mass is 384 g/mol. The van der Waals surface area contributed by atoms with Crippen LogP contribution in [0.2, 0.25) is 0 Å². The van der Waals surface area contributed by atoms with Crippen molar-refractivity contribution in [3.05, 3.63) is 82.8 Å². The fourth-order valence-corrected chi connectivity index (χ4v) is 2.80. The molecule has 0 aliphatic carbocycles. The van der Waals surface area contributed by atoms with Crippen molar-refractivity contribution in [3.8, 4) is 17.6 Å². The van der Waals surface area contributed by atoms with Crippen LogP contribution >= 0.6 is 0 Å². The van der Waals surface area contributed by atoms with Crippen LogP contribution in [0.1, 0.15) is 10.6 Å². The van der Waals surface area contributed by atoms with E-state index in [2.05, 4.69) is 22.1 Å². The van der Waals surface area contributed by atoms with E-state index in [1.807, 2.05) is 30.3 Å². The maximum absolute atomic E-state index is 12.2. The molecule has 6 nitrogen and oxygen atoms in total. The number of ether oxygens (including phenoxy) is 1. The van der Waals surface area contributed by atoms with Crippen LogP contribution in [0.5, 0.6) is 5.75 Å². The van der Waals surface area contributed by atoms with Gasteiger partial charge in [-0.1, -0.05) is 30.0 Å². The fourth-order valence-electron chi connectivity index (χ4n) is 2.80. The van der Waals surface area contributed by atoms with Crippen LogP contribution in [-0.4, -0.2) is 24.0 Å². The molecule has 0 radical (unpaired) electrons. The Morgan fingerprint density at radius 1 is 1.07 bits per heavy atom. The second-order valence-corrected chi connectivity index (χ2v) is 6.15. The minimum Gasteiger partial charge on any atom is -0.481 e. The zero-order valence-electron chi connectivity index (χ0n) is 15.3. The number of nitrogens with one attached hydrogen (secondary N) is 1. The first-order chi connectivity index (χ1) is 14.2. The van der Waals surface area contributed by atoms with Crippen molar-refractivity contribution < 1.29 is 13.9 Å². The lowest BCUT2D eigenvalue weighted by atomic mass is 10.2. The van der Waals surface area contributed by atoms with Crippen molar-refractivity contribution in [2.45, 2.75) is 0 Å². The lowest BCUT2D eigenvalue weighted by Crippen LogP contribution is -2.24. The Hall–Kier alpha value is -4.11. The summed E-state index contributed by atoms with van der Waals surface area (Å²) in [5, 5.41) is 4.07. The highest BCUT2D eigenvalue weighted by Crippen LogP contribution is 2.18. The molecule has 2 aromatic heterocycles. The number of para-hydroxylation sites is 1. The van der Waals surface area contributed by atoms with Gasteiger partial charge in [-0.15, -0.1) is 0 Å². The van der Waals surface area contributed by atoms with Crippen molar-refractivity contribution >= 4 is 27.8 Å². The van der Waals surface area contributed by atoms with Crippen molar-refractivity contribution in [2.75, 3.05) is 13.2 Å². The SMILES string of the molecule is O=C(NCC#CCOc1ccc2cccnc2c1)c1cc(=O)c2ccccc2o1. The fraction of sp³-hybridized carbons (Fsp3) is 0.0870. The number of fused-ring (bicyclic) bond motifs is 2. The van der Waals surface area contributed by atoms with Crippen LogP contribution < -0.4 is 15.5 Å². The van der Waals surface area contributed by atoms with E-state index < -0.39 is 5.91 Å². The van der Waals surface area contributed by atoms with Gasteiger partial charge in [-0.25, -0.2) is 0 Å². The summed E-state index contributed by atoms with van der Waals surface area (Å²) in [5.74, 6) is 5.76. The Balaban J connectivity index is 1.32. The van der Waals surface area contributed by atoms with Gasteiger partial charge in [-0.2, -0.15) is 0 Å². The topological polar surface area (TPSA) is 81.4 Å². The van der Waals surface area contributed by atoms with E-state index in [1.54, 1.807) is 30.5 Å². The summed E-state index contributed by atoms with van der Waals surface area (Å²) < 4.78 is 11.1. The van der Waals surface area contributed by atoms with Gasteiger partial charge in [-0.3, -0.25) is 14.6 Å². The van der Waals surface area contributed by atoms with Gasteiger partial charge in [-0.05, 0) is 30.3 Å². The molecule has 2 heterocycles. The molecule has 29 heavy (non-hydrogen) atoms. The van der Waals surface area contributed by atoms with Gasteiger partial charge in [0, 0.05) is 23.7 Å². The number of pyridine rings is 1. The summed E-state index contributed by atoms with van der Waals surface area (Å²) in [4.78, 5) is 28.5. The summed E-state index contributed by atoms with van der Waals surface area (Å²) in [5.41, 5.74) is 0.956. The minimum absolute atomic E-state index is 0.0459. The Kier molecular flexibility index (Phi) is 5.21. The van der Waals surface area contributed by atoms with E-state index in [4.69, 9.17) is 9.15 Å². The Bertz CT molecular complexity index is 1320. The molecule has 0 bridgehead atoms. The van der Waals surface area contributed by atoms with Crippen molar-refractivity contribution in [2.24, 2.45) is 0 Å². The normalized spacial score (nSPS) is 10.3. The molecule has 0 atom stereocenters. The molecule has 0 unspecified atom stereocenters. The molecular formula is C23H16N2O4. The number of amides is 1. The predicted octanol–water partition coefficient (Wildman–Crippen LogP) is 3.15. The number of rotatable bonds is 4. The van der Waals surface area contributed by atoms with Crippen molar-refractivity contribution in [1.82, 2.24) is 10.3 Å². The van der Waals surface area contributed by atoms with Gasteiger partial charge in [0.25, 0.3) is 5.91 Å². The van der Waals surface area contributed by atoms with E-state index in [1.165, 1.54) is 6.07 Å². The van der Waals surface area contributed by atoms with Crippen molar-refractivity contribution in [3.63, 3.8) is 0 Å². The van der Waals surface area contributed by atoms with Gasteiger partial charge in [0.2, 0.25) is 0 Å². The average molecular weight is 384 g/mol. The van der Waals surface area contributed by atoms with Crippen LogP contribution in [0.15, 0.2) is 76.1 Å². The number of nitrogens with zero attached hydrogens (tertiary/aromatic N) is 1. The summed E-state index contributed by atoms with van der Waals surface area (Å²) in [7, 11) is 0. The summed E-state index contributed by atoms with van der Waals surface area (Å²) in [6.07, 6.45) is 1.73. The second-order valence-electron chi connectivity index (χ2n) is 6.15. The molecule has 0 saturated carbocycles. The summed E-state index contributed by atoms with van der Waals surface area (Å²) in [6.45, 7) is 0.289. The lowest BCUT2D eigenvalue weighted by molar-refractivity contribution is 0.0931. The molecule has 0 aliphatic rings. The molecule has 142 valence electrons. The second kappa shape index (κ2) is 8.28. The molecule has 0 saturated heterocycles. The molecule has 2 aromatic carbocycles. The van der Waals surface area contributed by atoms with Gasteiger partial charge in [0.15, 0.2) is 11.2 Å². The van der Waals surface area contributed by atoms with E-state index in [0.717, 1.165) is 10.9 Å². The minimum atomic E-state index is -0.497. The van der Waals surface area contributed by atoms with Gasteiger partial charge < -0.3 is 14.5 Å². The highest BCUT2D eigenvalue weighted by atomic mass is 16.5. The van der Waals surface area contributed by atoms with E-state index in [0.29, 0.717) is 16.7 Å². The Labute approximate surface area is 166 Å². The average Bonchev–Trinajstić information content (AvgIpc) is 2.76. The number of carbonyl (C=O) groups excluding carboxylic acids is 1. The number of hydrogen-bond donors (Lipinski definition) is 1. The quantitative estimate of drug-likeness (QED) is 0.547. The maximum atomic E-state index is 12.2. The van der Waals surface area contributed by atoms with Crippen LogP contribution in [-0.2, 0) is 0 Å². The van der Waals surface area contributed by atoms with E-state index in [-0.39, 0.29) is 24.3 Å². The third-order valence-corrected chi connectivity index (χ3v) is 4.21. The van der Waals surface area contributed by atoms with Crippen LogP contribution in [0.25, 0.3) is 21.9 Å². The first kappa shape index (κ1) is 18.3. The highest BCUT2D eigenvalue weighted by Gasteiger charge is 2.11. The predicted molar refractivity (Wildman–Crippen MR) is 110 cm³/mol. The standard InChI is InChI=1S/C23H16N2O4/c26-20-15-22(29-21-8-2-1-7-18(20)21)23(27)25-11-3-4-13-28-17-10-9-16-6-5-12-24-19(16)14-17/h1-2,5-10,12,14-15H,11,13H2,(H,25,27). The zero-order valence-corrected chi connectivity index (χ0v) is 15.3.